The van der Waals surface area contributed by atoms with Gasteiger partial charge in [0.25, 0.3) is 5.69 Å². The van der Waals surface area contributed by atoms with Crippen LogP contribution in [0.2, 0.25) is 0 Å². The van der Waals surface area contributed by atoms with Crippen molar-refractivity contribution >= 4 is 33.4 Å². The Hall–Kier alpha value is -1.83. The van der Waals surface area contributed by atoms with Crippen LogP contribution in [0.1, 0.15) is 27.2 Å². The number of likely N-dealkylation sites (tertiary alicyclic amines) is 1. The minimum Gasteiger partial charge on any atom is -0.444 e. The second kappa shape index (κ2) is 6.74. The van der Waals surface area contributed by atoms with Crippen molar-refractivity contribution in [2.24, 2.45) is 0 Å². The van der Waals surface area contributed by atoms with Gasteiger partial charge in [-0.15, -0.1) is 0 Å². The van der Waals surface area contributed by atoms with Gasteiger partial charge >= 0.3 is 6.09 Å². The lowest BCUT2D eigenvalue weighted by atomic mass is 10.2. The Balaban J connectivity index is 2.01. The first-order valence-electron chi connectivity index (χ1n) is 7.34. The molecule has 1 heterocycles. The molecule has 1 N–H and O–H groups in total. The van der Waals surface area contributed by atoms with Crippen LogP contribution in [-0.4, -0.2) is 40.6 Å². The molecule has 1 aromatic carbocycles. The monoisotopic (exact) mass is 385 g/mol. The molecular weight excluding hydrogens is 366 g/mol. The molecule has 0 saturated carbocycles. The lowest BCUT2D eigenvalue weighted by molar-refractivity contribution is -0.384. The summed E-state index contributed by atoms with van der Waals surface area (Å²) in [5, 5.41) is 14.3. The zero-order chi connectivity index (χ0) is 17.2. The van der Waals surface area contributed by atoms with E-state index in [0.29, 0.717) is 29.7 Å². The summed E-state index contributed by atoms with van der Waals surface area (Å²) >= 11 is 3.23. The molecule has 2 rings (SSSR count). The van der Waals surface area contributed by atoms with Crippen LogP contribution < -0.4 is 5.32 Å². The van der Waals surface area contributed by atoms with Crippen LogP contribution in [0.3, 0.4) is 0 Å². The predicted molar refractivity (Wildman–Crippen MR) is 90.6 cm³/mol. The standard InChI is InChI=1S/C15H20BrN3O4/c1-15(2,3)23-14(20)18-7-6-11(9-18)17-12-5-4-10(16)8-13(12)19(21)22/h4-5,8,11,17H,6-7,9H2,1-3H3/t11-/m1/s1. The summed E-state index contributed by atoms with van der Waals surface area (Å²) in [4.78, 5) is 24.4. The van der Waals surface area contributed by atoms with Gasteiger partial charge in [0.2, 0.25) is 0 Å². The van der Waals surface area contributed by atoms with Crippen LogP contribution >= 0.6 is 15.9 Å². The summed E-state index contributed by atoms with van der Waals surface area (Å²) in [6.45, 7) is 6.49. The molecular formula is C15H20BrN3O4. The highest BCUT2D eigenvalue weighted by Crippen LogP contribution is 2.29. The number of nitro benzene ring substituents is 1. The Kier molecular flexibility index (Phi) is 5.13. The molecule has 1 fully saturated rings. The average Bonchev–Trinajstić information content (AvgIpc) is 2.87. The molecule has 1 aliphatic rings. The maximum Gasteiger partial charge on any atom is 0.410 e. The number of benzene rings is 1. The Morgan fingerprint density at radius 1 is 1.48 bits per heavy atom. The number of rotatable bonds is 3. The van der Waals surface area contributed by atoms with Gasteiger partial charge in [0.1, 0.15) is 11.3 Å². The maximum absolute atomic E-state index is 12.0. The minimum absolute atomic E-state index is 0.00935. The van der Waals surface area contributed by atoms with Crippen molar-refractivity contribution in [1.29, 1.82) is 0 Å². The Labute approximate surface area is 143 Å². The lowest BCUT2D eigenvalue weighted by Crippen LogP contribution is -2.36. The number of carbonyl (C=O) groups is 1. The van der Waals surface area contributed by atoms with E-state index in [0.717, 1.165) is 0 Å². The van der Waals surface area contributed by atoms with E-state index in [-0.39, 0.29) is 17.8 Å². The summed E-state index contributed by atoms with van der Waals surface area (Å²) in [6.07, 6.45) is 0.360. The van der Waals surface area contributed by atoms with Gasteiger partial charge in [-0.1, -0.05) is 15.9 Å². The molecule has 0 aliphatic carbocycles. The second-order valence-corrected chi connectivity index (χ2v) is 7.39. The predicted octanol–water partition coefficient (Wildman–Crippen LogP) is 3.78. The van der Waals surface area contributed by atoms with Crippen molar-refractivity contribution in [1.82, 2.24) is 4.90 Å². The van der Waals surface area contributed by atoms with E-state index in [9.17, 15) is 14.9 Å². The number of amides is 1. The normalized spacial score (nSPS) is 17.9. The van der Waals surface area contributed by atoms with Gasteiger partial charge in [-0.25, -0.2) is 4.79 Å². The molecule has 23 heavy (non-hydrogen) atoms. The van der Waals surface area contributed by atoms with E-state index in [1.54, 1.807) is 17.0 Å². The third kappa shape index (κ3) is 4.82. The van der Waals surface area contributed by atoms with Crippen molar-refractivity contribution in [3.63, 3.8) is 0 Å². The fourth-order valence-electron chi connectivity index (χ4n) is 2.37. The van der Waals surface area contributed by atoms with Crippen LogP contribution in [-0.2, 0) is 4.74 Å². The molecule has 126 valence electrons. The zero-order valence-corrected chi connectivity index (χ0v) is 14.9. The summed E-state index contributed by atoms with van der Waals surface area (Å²) in [7, 11) is 0. The third-order valence-electron chi connectivity index (χ3n) is 3.36. The van der Waals surface area contributed by atoms with Crippen molar-refractivity contribution < 1.29 is 14.5 Å². The van der Waals surface area contributed by atoms with Crippen LogP contribution in [0.15, 0.2) is 22.7 Å². The van der Waals surface area contributed by atoms with Crippen molar-refractivity contribution in [3.05, 3.63) is 32.8 Å². The molecule has 7 nitrogen and oxygen atoms in total. The summed E-state index contributed by atoms with van der Waals surface area (Å²) in [6, 6.07) is 4.83. The highest BCUT2D eigenvalue weighted by atomic mass is 79.9. The number of anilines is 1. The first kappa shape index (κ1) is 17.5. The van der Waals surface area contributed by atoms with E-state index in [1.165, 1.54) is 6.07 Å². The van der Waals surface area contributed by atoms with Crippen LogP contribution in [0.5, 0.6) is 0 Å². The van der Waals surface area contributed by atoms with Crippen LogP contribution in [0.4, 0.5) is 16.2 Å². The van der Waals surface area contributed by atoms with Crippen molar-refractivity contribution in [2.45, 2.75) is 38.8 Å². The molecule has 1 aliphatic heterocycles. The van der Waals surface area contributed by atoms with Gasteiger partial charge in [0, 0.05) is 29.7 Å². The highest BCUT2D eigenvalue weighted by molar-refractivity contribution is 9.10. The smallest absolute Gasteiger partial charge is 0.410 e. The second-order valence-electron chi connectivity index (χ2n) is 6.47. The van der Waals surface area contributed by atoms with Crippen molar-refractivity contribution in [2.75, 3.05) is 18.4 Å². The molecule has 0 aromatic heterocycles. The SMILES string of the molecule is CC(C)(C)OC(=O)N1CC[C@@H](Nc2ccc(Br)cc2[N+](=O)[O-])C1. The molecule has 1 atom stereocenters. The van der Waals surface area contributed by atoms with Crippen LogP contribution in [0, 0.1) is 10.1 Å². The third-order valence-corrected chi connectivity index (χ3v) is 3.85. The van der Waals surface area contributed by atoms with Gasteiger partial charge in [-0.2, -0.15) is 0 Å². The number of hydrogen-bond acceptors (Lipinski definition) is 5. The largest absolute Gasteiger partial charge is 0.444 e. The Morgan fingerprint density at radius 2 is 2.17 bits per heavy atom. The van der Waals surface area contributed by atoms with Gasteiger partial charge in [-0.05, 0) is 39.3 Å². The molecule has 0 radical (unpaired) electrons. The number of nitrogens with one attached hydrogen (secondary N) is 1. The molecule has 1 saturated heterocycles. The van der Waals surface area contributed by atoms with Gasteiger partial charge in [-0.3, -0.25) is 10.1 Å². The number of hydrogen-bond donors (Lipinski definition) is 1. The van der Waals surface area contributed by atoms with Crippen LogP contribution in [0.25, 0.3) is 0 Å². The first-order chi connectivity index (χ1) is 10.7. The topological polar surface area (TPSA) is 84.7 Å². The molecule has 0 spiro atoms. The molecule has 1 aromatic rings. The average molecular weight is 386 g/mol. The number of nitrogens with zero attached hydrogens (tertiary/aromatic N) is 2. The van der Waals surface area contributed by atoms with E-state index in [4.69, 9.17) is 4.74 Å². The maximum atomic E-state index is 12.0. The summed E-state index contributed by atoms with van der Waals surface area (Å²) in [5.74, 6) is 0. The summed E-state index contributed by atoms with van der Waals surface area (Å²) < 4.78 is 5.99. The Bertz CT molecular complexity index is 615. The molecule has 1 amide bonds. The molecule has 0 bridgehead atoms. The van der Waals surface area contributed by atoms with Gasteiger partial charge < -0.3 is 15.0 Å². The fourth-order valence-corrected chi connectivity index (χ4v) is 2.72. The van der Waals surface area contributed by atoms with Gasteiger partial charge in [0.15, 0.2) is 0 Å². The van der Waals surface area contributed by atoms with E-state index < -0.39 is 10.5 Å². The first-order valence-corrected chi connectivity index (χ1v) is 8.13. The van der Waals surface area contributed by atoms with E-state index >= 15 is 0 Å². The number of carbonyl (C=O) groups excluding carboxylic acids is 1. The van der Waals surface area contributed by atoms with Gasteiger partial charge in [0.05, 0.1) is 4.92 Å². The number of halogens is 1. The lowest BCUT2D eigenvalue weighted by Gasteiger charge is -2.24. The summed E-state index contributed by atoms with van der Waals surface area (Å²) in [5.41, 5.74) is -0.0723. The number of ether oxygens (including phenoxy) is 1. The highest BCUT2D eigenvalue weighted by Gasteiger charge is 2.30. The van der Waals surface area contributed by atoms with Crippen molar-refractivity contribution in [3.8, 4) is 0 Å². The quantitative estimate of drug-likeness (QED) is 0.631. The zero-order valence-electron chi connectivity index (χ0n) is 13.3. The minimum atomic E-state index is -0.535. The molecule has 0 unspecified atom stereocenters. The van der Waals surface area contributed by atoms with E-state index in [1.807, 2.05) is 20.8 Å². The molecule has 8 heteroatoms. The number of nitro groups is 1. The van der Waals surface area contributed by atoms with E-state index in [2.05, 4.69) is 21.2 Å². The fraction of sp³-hybridized carbons (Fsp3) is 0.533. The Morgan fingerprint density at radius 3 is 2.78 bits per heavy atom.